The van der Waals surface area contributed by atoms with E-state index in [1.165, 1.54) is 6.07 Å². The minimum Gasteiger partial charge on any atom is -0.507 e. The highest BCUT2D eigenvalue weighted by molar-refractivity contribution is 6.16. The van der Waals surface area contributed by atoms with Crippen molar-refractivity contribution in [1.82, 2.24) is 0 Å². The molecule has 0 spiro atoms. The largest absolute Gasteiger partial charge is 0.507 e. The number of rotatable bonds is 3. The van der Waals surface area contributed by atoms with Crippen molar-refractivity contribution >= 4 is 16.6 Å². The Kier molecular flexibility index (Phi) is 3.79. The summed E-state index contributed by atoms with van der Waals surface area (Å²) in [7, 11) is 0. The molecule has 0 bridgehead atoms. The number of benzene rings is 4. The number of fused-ring (bicyclic) bond motifs is 1. The fourth-order valence-electron chi connectivity index (χ4n) is 3.10. The first-order chi connectivity index (χ1) is 12.2. The second-order valence-corrected chi connectivity index (χ2v) is 5.96. The molecule has 0 saturated heterocycles. The zero-order chi connectivity index (χ0) is 17.2. The van der Waals surface area contributed by atoms with Gasteiger partial charge in [0.25, 0.3) is 0 Å². The highest BCUT2D eigenvalue weighted by Crippen LogP contribution is 2.32. The van der Waals surface area contributed by atoms with E-state index < -0.39 is 0 Å². The summed E-state index contributed by atoms with van der Waals surface area (Å²) >= 11 is 0. The van der Waals surface area contributed by atoms with Crippen LogP contribution >= 0.6 is 0 Å². The number of phenolic OH excluding ortho intramolecular Hbond substituents is 1. The molecule has 0 fully saturated rings. The Hall–Kier alpha value is -3.39. The fraction of sp³-hybridized carbons (Fsp3) is 0. The zero-order valence-corrected chi connectivity index (χ0v) is 13.5. The number of phenols is 1. The fourth-order valence-corrected chi connectivity index (χ4v) is 3.10. The van der Waals surface area contributed by atoms with Gasteiger partial charge in [-0.1, -0.05) is 66.7 Å². The van der Waals surface area contributed by atoms with E-state index in [1.807, 2.05) is 66.7 Å². The van der Waals surface area contributed by atoms with Crippen LogP contribution in [0, 0.1) is 0 Å². The molecule has 0 aromatic heterocycles. The summed E-state index contributed by atoms with van der Waals surface area (Å²) in [5.41, 5.74) is 2.75. The van der Waals surface area contributed by atoms with Gasteiger partial charge in [0.15, 0.2) is 5.78 Å². The Balaban J connectivity index is 1.98. The molecule has 0 aliphatic heterocycles. The SMILES string of the molecule is O=C(c1ccccc1O)c1cc2ccccc2cc1-c1ccccc1. The van der Waals surface area contributed by atoms with Gasteiger partial charge in [0, 0.05) is 5.56 Å². The second kappa shape index (κ2) is 6.25. The monoisotopic (exact) mass is 324 g/mol. The van der Waals surface area contributed by atoms with Crippen molar-refractivity contribution in [2.45, 2.75) is 0 Å². The lowest BCUT2D eigenvalue weighted by Crippen LogP contribution is -2.04. The van der Waals surface area contributed by atoms with Crippen LogP contribution in [-0.4, -0.2) is 10.9 Å². The van der Waals surface area contributed by atoms with Crippen LogP contribution < -0.4 is 0 Å². The van der Waals surface area contributed by atoms with E-state index in [2.05, 4.69) is 0 Å². The predicted octanol–water partition coefficient (Wildman–Crippen LogP) is 5.44. The molecule has 4 aromatic carbocycles. The number of para-hydroxylation sites is 1. The van der Waals surface area contributed by atoms with Gasteiger partial charge in [-0.05, 0) is 46.2 Å². The van der Waals surface area contributed by atoms with Gasteiger partial charge in [-0.2, -0.15) is 0 Å². The molecule has 1 N–H and O–H groups in total. The lowest BCUT2D eigenvalue weighted by molar-refractivity contribution is 0.103. The van der Waals surface area contributed by atoms with Gasteiger partial charge in [0.1, 0.15) is 5.75 Å². The highest BCUT2D eigenvalue weighted by Gasteiger charge is 2.18. The summed E-state index contributed by atoms with van der Waals surface area (Å²) in [6.07, 6.45) is 0. The highest BCUT2D eigenvalue weighted by atomic mass is 16.3. The van der Waals surface area contributed by atoms with Crippen molar-refractivity contribution in [3.05, 3.63) is 102 Å². The molecular weight excluding hydrogens is 308 g/mol. The maximum Gasteiger partial charge on any atom is 0.197 e. The van der Waals surface area contributed by atoms with Crippen LogP contribution in [0.25, 0.3) is 21.9 Å². The topological polar surface area (TPSA) is 37.3 Å². The first-order valence-corrected chi connectivity index (χ1v) is 8.15. The van der Waals surface area contributed by atoms with Gasteiger partial charge in [0.2, 0.25) is 0 Å². The van der Waals surface area contributed by atoms with E-state index in [4.69, 9.17) is 0 Å². The third-order valence-electron chi connectivity index (χ3n) is 4.36. The molecular formula is C23H16O2. The Morgan fingerprint density at radius 1 is 0.640 bits per heavy atom. The van der Waals surface area contributed by atoms with E-state index >= 15 is 0 Å². The number of hydrogen-bond donors (Lipinski definition) is 1. The molecule has 0 aliphatic carbocycles. The van der Waals surface area contributed by atoms with Gasteiger partial charge in [0.05, 0.1) is 5.56 Å². The van der Waals surface area contributed by atoms with Crippen LogP contribution in [0.3, 0.4) is 0 Å². The van der Waals surface area contributed by atoms with Crippen molar-refractivity contribution in [3.8, 4) is 16.9 Å². The van der Waals surface area contributed by atoms with Crippen LogP contribution in [0.5, 0.6) is 5.75 Å². The molecule has 0 atom stereocenters. The van der Waals surface area contributed by atoms with E-state index in [1.54, 1.807) is 18.2 Å². The van der Waals surface area contributed by atoms with Crippen molar-refractivity contribution in [2.24, 2.45) is 0 Å². The van der Waals surface area contributed by atoms with Gasteiger partial charge in [-0.15, -0.1) is 0 Å². The van der Waals surface area contributed by atoms with Crippen molar-refractivity contribution in [3.63, 3.8) is 0 Å². The van der Waals surface area contributed by atoms with Crippen LogP contribution in [0.1, 0.15) is 15.9 Å². The molecule has 0 radical (unpaired) electrons. The molecule has 4 aromatic rings. The molecule has 25 heavy (non-hydrogen) atoms. The lowest BCUT2D eigenvalue weighted by Gasteiger charge is -2.12. The van der Waals surface area contributed by atoms with E-state index in [0.717, 1.165) is 21.9 Å². The summed E-state index contributed by atoms with van der Waals surface area (Å²) < 4.78 is 0. The minimum absolute atomic E-state index is 0.000305. The van der Waals surface area contributed by atoms with Crippen molar-refractivity contribution in [2.75, 3.05) is 0 Å². The summed E-state index contributed by atoms with van der Waals surface area (Å²) in [5, 5.41) is 12.2. The maximum atomic E-state index is 13.1. The van der Waals surface area contributed by atoms with Crippen molar-refractivity contribution < 1.29 is 9.90 Å². The average Bonchev–Trinajstić information content (AvgIpc) is 2.67. The number of ketones is 1. The van der Waals surface area contributed by atoms with Crippen LogP contribution in [-0.2, 0) is 0 Å². The molecule has 0 amide bonds. The number of hydrogen-bond acceptors (Lipinski definition) is 2. The van der Waals surface area contributed by atoms with Gasteiger partial charge < -0.3 is 5.11 Å². The van der Waals surface area contributed by atoms with E-state index in [-0.39, 0.29) is 11.5 Å². The molecule has 2 nitrogen and oxygen atoms in total. The van der Waals surface area contributed by atoms with Crippen LogP contribution in [0.4, 0.5) is 0 Å². The summed E-state index contributed by atoms with van der Waals surface area (Å²) in [6.45, 7) is 0. The summed E-state index contributed by atoms with van der Waals surface area (Å²) in [5.74, 6) is -0.178. The lowest BCUT2D eigenvalue weighted by atomic mass is 9.91. The standard InChI is InChI=1S/C23H16O2/c24-22-13-7-6-12-19(22)23(25)21-15-18-11-5-4-10-17(18)14-20(21)16-8-2-1-3-9-16/h1-15,24H. The third-order valence-corrected chi connectivity index (χ3v) is 4.36. The molecule has 0 heterocycles. The summed E-state index contributed by atoms with van der Waals surface area (Å²) in [6, 6.07) is 28.4. The Morgan fingerprint density at radius 2 is 1.24 bits per heavy atom. The number of carbonyl (C=O) groups is 1. The zero-order valence-electron chi connectivity index (χ0n) is 13.5. The normalized spacial score (nSPS) is 10.7. The second-order valence-electron chi connectivity index (χ2n) is 5.96. The first kappa shape index (κ1) is 15.2. The van der Waals surface area contributed by atoms with E-state index in [0.29, 0.717) is 11.1 Å². The molecule has 2 heteroatoms. The van der Waals surface area contributed by atoms with Gasteiger partial charge in [-0.25, -0.2) is 0 Å². The maximum absolute atomic E-state index is 13.1. The Labute approximate surface area is 146 Å². The predicted molar refractivity (Wildman–Crippen MR) is 101 cm³/mol. The first-order valence-electron chi connectivity index (χ1n) is 8.15. The molecule has 4 rings (SSSR count). The van der Waals surface area contributed by atoms with Crippen LogP contribution in [0.2, 0.25) is 0 Å². The smallest absolute Gasteiger partial charge is 0.197 e. The molecule has 0 aliphatic rings. The average molecular weight is 324 g/mol. The molecule has 0 saturated carbocycles. The van der Waals surface area contributed by atoms with Gasteiger partial charge in [-0.3, -0.25) is 4.79 Å². The molecule has 120 valence electrons. The quantitative estimate of drug-likeness (QED) is 0.509. The number of aromatic hydroxyl groups is 1. The minimum atomic E-state index is -0.178. The Bertz CT molecular complexity index is 1070. The summed E-state index contributed by atoms with van der Waals surface area (Å²) in [4.78, 5) is 13.1. The van der Waals surface area contributed by atoms with E-state index in [9.17, 15) is 9.90 Å². The number of carbonyl (C=O) groups excluding carboxylic acids is 1. The van der Waals surface area contributed by atoms with Crippen LogP contribution in [0.15, 0.2) is 91.0 Å². The molecule has 0 unspecified atom stereocenters. The van der Waals surface area contributed by atoms with Crippen molar-refractivity contribution in [1.29, 1.82) is 0 Å². The Morgan fingerprint density at radius 3 is 1.96 bits per heavy atom. The third kappa shape index (κ3) is 2.79. The van der Waals surface area contributed by atoms with Gasteiger partial charge >= 0.3 is 0 Å².